The Labute approximate surface area is 114 Å². The van der Waals surface area contributed by atoms with Gasteiger partial charge in [0.2, 0.25) is 0 Å². The maximum absolute atomic E-state index is 11.9. The van der Waals surface area contributed by atoms with Gasteiger partial charge in [0.15, 0.2) is 0 Å². The summed E-state index contributed by atoms with van der Waals surface area (Å²) in [7, 11) is 1.66. The third-order valence-corrected chi connectivity index (χ3v) is 3.54. The lowest BCUT2D eigenvalue weighted by atomic mass is 9.93. The number of rotatable bonds is 6. The quantitative estimate of drug-likeness (QED) is 0.796. The van der Waals surface area contributed by atoms with Crippen molar-refractivity contribution in [3.8, 4) is 0 Å². The van der Waals surface area contributed by atoms with Crippen LogP contribution in [0.4, 0.5) is 0 Å². The van der Waals surface area contributed by atoms with Gasteiger partial charge in [0, 0.05) is 30.9 Å². The number of carbonyl (C=O) groups excluding carboxylic acids is 1. The summed E-state index contributed by atoms with van der Waals surface area (Å²) in [6.45, 7) is 9.07. The van der Waals surface area contributed by atoms with E-state index in [1.165, 1.54) is 0 Å². The standard InChI is InChI=1S/C14H23NO2S/c1-10(8-17-5)6-11(16)7-13-15-12(9-18-13)14(2,3)4/h9-10H,6-8H2,1-5H3. The molecular weight excluding hydrogens is 246 g/mol. The third-order valence-electron chi connectivity index (χ3n) is 2.70. The molecule has 0 saturated carbocycles. The molecule has 0 saturated heterocycles. The van der Waals surface area contributed by atoms with Gasteiger partial charge >= 0.3 is 0 Å². The van der Waals surface area contributed by atoms with Crippen molar-refractivity contribution < 1.29 is 9.53 Å². The zero-order valence-corrected chi connectivity index (χ0v) is 12.8. The Morgan fingerprint density at radius 3 is 2.67 bits per heavy atom. The molecule has 4 heteroatoms. The molecule has 1 unspecified atom stereocenters. The fourth-order valence-corrected chi connectivity index (χ4v) is 2.76. The molecule has 102 valence electrons. The van der Waals surface area contributed by atoms with Crippen LogP contribution in [0.5, 0.6) is 0 Å². The van der Waals surface area contributed by atoms with Crippen LogP contribution in [0.15, 0.2) is 5.38 Å². The fourth-order valence-electron chi connectivity index (χ4n) is 1.71. The largest absolute Gasteiger partial charge is 0.384 e. The summed E-state index contributed by atoms with van der Waals surface area (Å²) < 4.78 is 5.04. The van der Waals surface area contributed by atoms with Gasteiger partial charge in [-0.25, -0.2) is 4.98 Å². The molecule has 0 aromatic carbocycles. The Morgan fingerprint density at radius 2 is 2.17 bits per heavy atom. The number of methoxy groups -OCH3 is 1. The first-order chi connectivity index (χ1) is 8.32. The molecule has 0 radical (unpaired) electrons. The van der Waals surface area contributed by atoms with Crippen LogP contribution in [0.2, 0.25) is 0 Å². The number of ketones is 1. The second-order valence-electron chi connectivity index (χ2n) is 5.86. The molecule has 0 amide bonds. The Kier molecular flexibility index (Phi) is 5.47. The molecule has 1 atom stereocenters. The van der Waals surface area contributed by atoms with Gasteiger partial charge in [0.25, 0.3) is 0 Å². The van der Waals surface area contributed by atoms with E-state index in [9.17, 15) is 4.79 Å². The van der Waals surface area contributed by atoms with E-state index >= 15 is 0 Å². The average Bonchev–Trinajstić information content (AvgIpc) is 2.65. The van der Waals surface area contributed by atoms with Gasteiger partial charge in [-0.3, -0.25) is 4.79 Å². The molecule has 1 aromatic heterocycles. The zero-order valence-electron chi connectivity index (χ0n) is 11.9. The van der Waals surface area contributed by atoms with Gasteiger partial charge in [-0.15, -0.1) is 11.3 Å². The van der Waals surface area contributed by atoms with Crippen LogP contribution in [0.3, 0.4) is 0 Å². The molecule has 1 heterocycles. The minimum Gasteiger partial charge on any atom is -0.384 e. The average molecular weight is 269 g/mol. The van der Waals surface area contributed by atoms with Crippen LogP contribution >= 0.6 is 11.3 Å². The maximum Gasteiger partial charge on any atom is 0.140 e. The number of thiazole rings is 1. The van der Waals surface area contributed by atoms with E-state index in [0.717, 1.165) is 10.7 Å². The summed E-state index contributed by atoms with van der Waals surface area (Å²) in [5.74, 6) is 0.527. The van der Waals surface area contributed by atoms with E-state index in [1.807, 2.05) is 6.92 Å². The SMILES string of the molecule is COCC(C)CC(=O)Cc1nc(C(C)(C)C)cs1. The molecule has 0 aliphatic heterocycles. The predicted octanol–water partition coefficient (Wildman–Crippen LogP) is 3.22. The van der Waals surface area contributed by atoms with Crippen LogP contribution in [0.25, 0.3) is 0 Å². The zero-order chi connectivity index (χ0) is 13.8. The normalized spacial score (nSPS) is 13.6. The molecule has 18 heavy (non-hydrogen) atoms. The Bertz CT molecular complexity index is 393. The Morgan fingerprint density at radius 1 is 1.50 bits per heavy atom. The van der Waals surface area contributed by atoms with Crippen molar-refractivity contribution in [3.63, 3.8) is 0 Å². The molecular formula is C14H23NO2S. The summed E-state index contributed by atoms with van der Waals surface area (Å²) in [6, 6.07) is 0. The molecule has 0 aliphatic rings. The third kappa shape index (κ3) is 4.86. The van der Waals surface area contributed by atoms with Crippen molar-refractivity contribution in [2.45, 2.75) is 46.0 Å². The highest BCUT2D eigenvalue weighted by Gasteiger charge is 2.18. The fraction of sp³-hybridized carbons (Fsp3) is 0.714. The summed E-state index contributed by atoms with van der Waals surface area (Å²) in [5, 5.41) is 2.98. The summed E-state index contributed by atoms with van der Waals surface area (Å²) >= 11 is 1.58. The van der Waals surface area contributed by atoms with Crippen LogP contribution in [0.1, 0.15) is 44.8 Å². The van der Waals surface area contributed by atoms with E-state index in [2.05, 4.69) is 31.1 Å². The second-order valence-corrected chi connectivity index (χ2v) is 6.80. The molecule has 1 rings (SSSR count). The van der Waals surface area contributed by atoms with Crippen molar-refractivity contribution in [2.75, 3.05) is 13.7 Å². The first-order valence-electron chi connectivity index (χ1n) is 6.28. The van der Waals surface area contributed by atoms with Gasteiger partial charge in [0.05, 0.1) is 12.1 Å². The van der Waals surface area contributed by atoms with Crippen molar-refractivity contribution in [2.24, 2.45) is 5.92 Å². The molecule has 0 N–H and O–H groups in total. The smallest absolute Gasteiger partial charge is 0.140 e. The van der Waals surface area contributed by atoms with Crippen molar-refractivity contribution in [1.29, 1.82) is 0 Å². The van der Waals surface area contributed by atoms with Gasteiger partial charge in [-0.05, 0) is 5.92 Å². The minimum atomic E-state index is 0.0567. The number of Topliss-reactive ketones (excluding diaryl/α,β-unsaturated/α-hetero) is 1. The van der Waals surface area contributed by atoms with Gasteiger partial charge in [-0.1, -0.05) is 27.7 Å². The van der Waals surface area contributed by atoms with Crippen molar-refractivity contribution in [3.05, 3.63) is 16.1 Å². The van der Waals surface area contributed by atoms with Crippen LogP contribution in [-0.4, -0.2) is 24.5 Å². The summed E-state index contributed by atoms with van der Waals surface area (Å²) in [5.41, 5.74) is 1.13. The predicted molar refractivity (Wildman–Crippen MR) is 75.2 cm³/mol. The molecule has 1 aromatic rings. The van der Waals surface area contributed by atoms with E-state index in [1.54, 1.807) is 18.4 Å². The molecule has 0 fully saturated rings. The lowest BCUT2D eigenvalue weighted by molar-refractivity contribution is -0.119. The highest BCUT2D eigenvalue weighted by molar-refractivity contribution is 7.09. The van der Waals surface area contributed by atoms with Crippen LogP contribution < -0.4 is 0 Å². The number of hydrogen-bond donors (Lipinski definition) is 0. The van der Waals surface area contributed by atoms with Gasteiger partial charge in [0.1, 0.15) is 10.8 Å². The number of ether oxygens (including phenoxy) is 1. The first kappa shape index (κ1) is 15.3. The lowest BCUT2D eigenvalue weighted by Crippen LogP contribution is -2.14. The highest BCUT2D eigenvalue weighted by atomic mass is 32.1. The molecule has 0 spiro atoms. The van der Waals surface area contributed by atoms with E-state index in [4.69, 9.17) is 4.74 Å². The summed E-state index contributed by atoms with van der Waals surface area (Å²) in [6.07, 6.45) is 1.02. The lowest BCUT2D eigenvalue weighted by Gasteiger charge is -2.14. The topological polar surface area (TPSA) is 39.2 Å². The van der Waals surface area contributed by atoms with E-state index in [-0.39, 0.29) is 17.1 Å². The maximum atomic E-state index is 11.9. The number of aromatic nitrogens is 1. The molecule has 0 bridgehead atoms. The number of nitrogens with zero attached hydrogens (tertiary/aromatic N) is 1. The highest BCUT2D eigenvalue weighted by Crippen LogP contribution is 2.24. The van der Waals surface area contributed by atoms with Crippen molar-refractivity contribution in [1.82, 2.24) is 4.98 Å². The monoisotopic (exact) mass is 269 g/mol. The number of carbonyl (C=O) groups is 1. The van der Waals surface area contributed by atoms with E-state index < -0.39 is 0 Å². The molecule has 3 nitrogen and oxygen atoms in total. The van der Waals surface area contributed by atoms with Gasteiger partial charge < -0.3 is 4.74 Å². The van der Waals surface area contributed by atoms with Crippen LogP contribution in [-0.2, 0) is 21.4 Å². The van der Waals surface area contributed by atoms with Crippen molar-refractivity contribution >= 4 is 17.1 Å². The minimum absolute atomic E-state index is 0.0567. The Hall–Kier alpha value is -0.740. The summed E-state index contributed by atoms with van der Waals surface area (Å²) in [4.78, 5) is 16.4. The van der Waals surface area contributed by atoms with Crippen LogP contribution in [0, 0.1) is 5.92 Å². The first-order valence-corrected chi connectivity index (χ1v) is 7.16. The number of hydrogen-bond acceptors (Lipinski definition) is 4. The Balaban J connectivity index is 2.52. The molecule has 0 aliphatic carbocycles. The van der Waals surface area contributed by atoms with E-state index in [0.29, 0.717) is 19.4 Å². The van der Waals surface area contributed by atoms with Gasteiger partial charge in [-0.2, -0.15) is 0 Å². The second kappa shape index (κ2) is 6.43.